The van der Waals surface area contributed by atoms with Gasteiger partial charge in [0.25, 0.3) is 0 Å². The Labute approximate surface area is 78.5 Å². The molecule has 13 heavy (non-hydrogen) atoms. The zero-order valence-corrected chi connectivity index (χ0v) is 8.09. The van der Waals surface area contributed by atoms with Crippen molar-refractivity contribution < 1.29 is 4.79 Å². The van der Waals surface area contributed by atoms with E-state index in [1.807, 2.05) is 0 Å². The highest BCUT2D eigenvalue weighted by Crippen LogP contribution is 2.17. The van der Waals surface area contributed by atoms with Gasteiger partial charge in [-0.25, -0.2) is 9.89 Å². The Kier molecular flexibility index (Phi) is 2.76. The number of hydrogen-bond donors (Lipinski definition) is 2. The Hall–Kier alpha value is -1.24. The lowest BCUT2D eigenvalue weighted by Crippen LogP contribution is -2.23. The smallest absolute Gasteiger partial charge is 0.343 e. The van der Waals surface area contributed by atoms with Crippen LogP contribution in [-0.4, -0.2) is 25.9 Å². The number of hydrogen-bond acceptors (Lipinski definition) is 4. The van der Waals surface area contributed by atoms with Crippen molar-refractivity contribution in [2.24, 2.45) is 12.8 Å². The number of nitrogens with one attached hydrogen (secondary N) is 1. The van der Waals surface area contributed by atoms with Crippen LogP contribution in [0.5, 0.6) is 0 Å². The summed E-state index contributed by atoms with van der Waals surface area (Å²) in [6.07, 6.45) is 0. The molecule has 0 aliphatic carbocycles. The van der Waals surface area contributed by atoms with E-state index in [4.69, 9.17) is 5.73 Å². The van der Waals surface area contributed by atoms with Gasteiger partial charge < -0.3 is 5.73 Å². The average molecular weight is 202 g/mol. The van der Waals surface area contributed by atoms with E-state index >= 15 is 0 Å². The van der Waals surface area contributed by atoms with Crippen molar-refractivity contribution in [2.45, 2.75) is 17.3 Å². The molecule has 0 aromatic carbocycles. The summed E-state index contributed by atoms with van der Waals surface area (Å²) in [5, 5.41) is 6.04. The van der Waals surface area contributed by atoms with Gasteiger partial charge in [-0.1, -0.05) is 11.8 Å². The molecule has 72 valence electrons. The van der Waals surface area contributed by atoms with E-state index in [0.29, 0.717) is 5.16 Å². The first-order chi connectivity index (χ1) is 6.02. The molecule has 7 heteroatoms. The molecule has 0 saturated heterocycles. The standard InChI is InChI=1S/C6H10N4O2S/c1-3(4(7)11)13-6-9-8-5(12)10(6)2/h3H,1-2H3,(H2,7,11)(H,8,12)/t3-/m0/s1. The lowest BCUT2D eigenvalue weighted by molar-refractivity contribution is -0.117. The number of carbonyl (C=O) groups excluding carboxylic acids is 1. The summed E-state index contributed by atoms with van der Waals surface area (Å²) in [6.45, 7) is 1.66. The molecule has 3 N–H and O–H groups in total. The monoisotopic (exact) mass is 202 g/mol. The van der Waals surface area contributed by atoms with E-state index in [1.54, 1.807) is 14.0 Å². The maximum absolute atomic E-state index is 10.9. The first-order valence-electron chi connectivity index (χ1n) is 3.59. The quantitative estimate of drug-likeness (QED) is 0.619. The zero-order chi connectivity index (χ0) is 10.0. The Morgan fingerprint density at radius 2 is 2.38 bits per heavy atom. The van der Waals surface area contributed by atoms with Gasteiger partial charge in [0.15, 0.2) is 5.16 Å². The Morgan fingerprint density at radius 3 is 2.77 bits per heavy atom. The van der Waals surface area contributed by atoms with Gasteiger partial charge >= 0.3 is 5.69 Å². The fourth-order valence-corrected chi connectivity index (χ4v) is 1.43. The topological polar surface area (TPSA) is 93.8 Å². The predicted octanol–water partition coefficient (Wildman–Crippen LogP) is -0.926. The summed E-state index contributed by atoms with van der Waals surface area (Å²) in [5.41, 5.74) is 4.75. The first-order valence-corrected chi connectivity index (χ1v) is 4.47. The van der Waals surface area contributed by atoms with Crippen LogP contribution in [0.4, 0.5) is 0 Å². The molecular weight excluding hydrogens is 192 g/mol. The fourth-order valence-electron chi connectivity index (χ4n) is 0.654. The van der Waals surface area contributed by atoms with Crippen LogP contribution in [0, 0.1) is 0 Å². The highest BCUT2D eigenvalue weighted by molar-refractivity contribution is 8.00. The van der Waals surface area contributed by atoms with Gasteiger partial charge in [-0.3, -0.25) is 9.36 Å². The summed E-state index contributed by atoms with van der Waals surface area (Å²) >= 11 is 1.15. The van der Waals surface area contributed by atoms with Crippen molar-refractivity contribution >= 4 is 17.7 Å². The van der Waals surface area contributed by atoms with E-state index in [2.05, 4.69) is 10.2 Å². The molecular formula is C6H10N4O2S. The lowest BCUT2D eigenvalue weighted by atomic mass is 10.5. The second-order valence-electron chi connectivity index (χ2n) is 2.53. The van der Waals surface area contributed by atoms with Gasteiger partial charge in [0.2, 0.25) is 5.91 Å². The minimum absolute atomic E-state index is 0.306. The third-order valence-corrected chi connectivity index (χ3v) is 2.68. The number of aromatic amines is 1. The molecule has 0 spiro atoms. The maximum Gasteiger partial charge on any atom is 0.343 e. The number of carbonyl (C=O) groups is 1. The highest BCUT2D eigenvalue weighted by Gasteiger charge is 2.14. The third kappa shape index (κ3) is 2.11. The molecule has 0 aliphatic heterocycles. The molecule has 0 saturated carbocycles. The van der Waals surface area contributed by atoms with Crippen LogP contribution in [-0.2, 0) is 11.8 Å². The predicted molar refractivity (Wildman–Crippen MR) is 48.3 cm³/mol. The Morgan fingerprint density at radius 1 is 1.77 bits per heavy atom. The second kappa shape index (κ2) is 3.65. The molecule has 1 rings (SSSR count). The summed E-state index contributed by atoms with van der Waals surface area (Å²) < 4.78 is 1.32. The average Bonchev–Trinajstić information content (AvgIpc) is 2.36. The van der Waals surface area contributed by atoms with Crippen LogP contribution in [0.25, 0.3) is 0 Å². The molecule has 1 heterocycles. The molecule has 0 fully saturated rings. The Balaban J connectivity index is 2.80. The molecule has 1 atom stereocenters. The van der Waals surface area contributed by atoms with Crippen LogP contribution in [0.3, 0.4) is 0 Å². The van der Waals surface area contributed by atoms with Crippen LogP contribution >= 0.6 is 11.8 Å². The number of H-pyrrole nitrogens is 1. The molecule has 0 unspecified atom stereocenters. The number of primary amides is 1. The van der Waals surface area contributed by atoms with Crippen molar-refractivity contribution in [1.29, 1.82) is 0 Å². The molecule has 6 nitrogen and oxygen atoms in total. The minimum atomic E-state index is -0.430. The first kappa shape index (κ1) is 9.85. The normalized spacial score (nSPS) is 12.8. The number of nitrogens with two attached hydrogens (primary N) is 1. The van der Waals surface area contributed by atoms with E-state index in [-0.39, 0.29) is 5.69 Å². The Bertz CT molecular complexity index is 369. The van der Waals surface area contributed by atoms with E-state index in [0.717, 1.165) is 11.8 Å². The van der Waals surface area contributed by atoms with Crippen molar-refractivity contribution in [3.05, 3.63) is 10.5 Å². The van der Waals surface area contributed by atoms with Crippen LogP contribution in [0.15, 0.2) is 9.95 Å². The summed E-state index contributed by atoms with van der Waals surface area (Å²) in [4.78, 5) is 21.6. The number of thioether (sulfide) groups is 1. The minimum Gasteiger partial charge on any atom is -0.369 e. The number of aromatic nitrogens is 3. The summed E-state index contributed by atoms with van der Waals surface area (Å²) in [7, 11) is 1.57. The molecule has 1 amide bonds. The van der Waals surface area contributed by atoms with Crippen molar-refractivity contribution in [1.82, 2.24) is 14.8 Å². The fraction of sp³-hybridized carbons (Fsp3) is 0.500. The number of nitrogens with zero attached hydrogens (tertiary/aromatic N) is 2. The second-order valence-corrected chi connectivity index (χ2v) is 3.84. The van der Waals surface area contributed by atoms with Crippen LogP contribution < -0.4 is 11.4 Å². The van der Waals surface area contributed by atoms with E-state index < -0.39 is 11.2 Å². The molecule has 1 aromatic heterocycles. The SMILES string of the molecule is C[C@H](Sc1n[nH]c(=O)n1C)C(N)=O. The van der Waals surface area contributed by atoms with Crippen molar-refractivity contribution in [2.75, 3.05) is 0 Å². The maximum atomic E-state index is 10.9. The zero-order valence-electron chi connectivity index (χ0n) is 7.27. The lowest BCUT2D eigenvalue weighted by Gasteiger charge is -2.04. The molecule has 0 bridgehead atoms. The van der Waals surface area contributed by atoms with Crippen LogP contribution in [0.2, 0.25) is 0 Å². The molecule has 0 aliphatic rings. The van der Waals surface area contributed by atoms with Gasteiger partial charge in [0.05, 0.1) is 5.25 Å². The van der Waals surface area contributed by atoms with Gasteiger partial charge in [0.1, 0.15) is 0 Å². The van der Waals surface area contributed by atoms with Crippen molar-refractivity contribution in [3.63, 3.8) is 0 Å². The molecule has 1 aromatic rings. The number of rotatable bonds is 3. The highest BCUT2D eigenvalue weighted by atomic mass is 32.2. The van der Waals surface area contributed by atoms with Gasteiger partial charge in [-0.2, -0.15) is 0 Å². The largest absolute Gasteiger partial charge is 0.369 e. The third-order valence-electron chi connectivity index (χ3n) is 1.52. The van der Waals surface area contributed by atoms with E-state index in [1.165, 1.54) is 4.57 Å². The van der Waals surface area contributed by atoms with Gasteiger partial charge in [0, 0.05) is 7.05 Å². The van der Waals surface area contributed by atoms with Crippen molar-refractivity contribution in [3.8, 4) is 0 Å². The van der Waals surface area contributed by atoms with Crippen LogP contribution in [0.1, 0.15) is 6.92 Å². The molecule has 0 radical (unpaired) electrons. The number of amides is 1. The summed E-state index contributed by atoms with van der Waals surface area (Å²) in [6, 6.07) is 0. The summed E-state index contributed by atoms with van der Waals surface area (Å²) in [5.74, 6) is -0.430. The van der Waals surface area contributed by atoms with Gasteiger partial charge in [-0.05, 0) is 6.92 Å². The van der Waals surface area contributed by atoms with Gasteiger partial charge in [-0.15, -0.1) is 5.10 Å². The van der Waals surface area contributed by atoms with E-state index in [9.17, 15) is 9.59 Å².